The average molecular weight is 708 g/mol. The van der Waals surface area contributed by atoms with Gasteiger partial charge in [0.15, 0.2) is 0 Å². The van der Waals surface area contributed by atoms with Gasteiger partial charge in [-0.2, -0.15) is 0 Å². The van der Waals surface area contributed by atoms with Crippen LogP contribution in [0, 0.1) is 5.41 Å². The molecule has 3 atom stereocenters. The van der Waals surface area contributed by atoms with E-state index in [4.69, 9.17) is 4.74 Å². The minimum absolute atomic E-state index is 0.00157. The van der Waals surface area contributed by atoms with Gasteiger partial charge in [-0.05, 0) is 70.5 Å². The summed E-state index contributed by atoms with van der Waals surface area (Å²) in [5.74, 6) is -1.21. The molecule has 0 fully saturated rings. The Labute approximate surface area is 305 Å². The number of rotatable bonds is 14. The fraction of sp³-hybridized carbons (Fsp3) is 0.366. The lowest BCUT2D eigenvalue weighted by molar-refractivity contribution is -0.197. The van der Waals surface area contributed by atoms with E-state index in [2.05, 4.69) is 15.7 Å². The fourth-order valence-electron chi connectivity index (χ4n) is 6.71. The first kappa shape index (κ1) is 38.1. The third kappa shape index (κ3) is 9.61. The highest BCUT2D eigenvalue weighted by Crippen LogP contribution is 2.37. The Morgan fingerprint density at radius 2 is 1.63 bits per heavy atom. The van der Waals surface area contributed by atoms with Crippen molar-refractivity contribution in [3.63, 3.8) is 0 Å². The summed E-state index contributed by atoms with van der Waals surface area (Å²) in [5.41, 5.74) is 5.95. The van der Waals surface area contributed by atoms with Crippen LogP contribution >= 0.6 is 0 Å². The van der Waals surface area contributed by atoms with Crippen molar-refractivity contribution in [3.05, 3.63) is 126 Å². The Morgan fingerprint density at radius 1 is 0.923 bits per heavy atom. The van der Waals surface area contributed by atoms with Gasteiger partial charge in [-0.25, -0.2) is 14.9 Å². The molecule has 0 aliphatic heterocycles. The smallest absolute Gasteiger partial charge is 0.407 e. The van der Waals surface area contributed by atoms with Gasteiger partial charge in [-0.15, -0.1) is 0 Å². The van der Waals surface area contributed by atoms with Crippen molar-refractivity contribution >= 4 is 17.9 Å². The number of carbonyl (C=O) groups is 3. The first-order chi connectivity index (χ1) is 24.9. The van der Waals surface area contributed by atoms with Gasteiger partial charge in [0.1, 0.15) is 11.6 Å². The quantitative estimate of drug-likeness (QED) is 0.0922. The van der Waals surface area contributed by atoms with Gasteiger partial charge < -0.3 is 15.2 Å². The average Bonchev–Trinajstić information content (AvgIpc) is 3.58. The number of carbonyl (C=O) groups excluding carboxylic acids is 3. The Bertz CT molecular complexity index is 1800. The normalized spacial score (nSPS) is 15.6. The third-order valence-corrected chi connectivity index (χ3v) is 9.53. The highest BCUT2D eigenvalue weighted by Gasteiger charge is 2.43. The van der Waals surface area contributed by atoms with Gasteiger partial charge in [0.2, 0.25) is 0 Å². The zero-order chi connectivity index (χ0) is 37.3. The third-order valence-electron chi connectivity index (χ3n) is 9.53. The number of hydroxylamine groups is 2. The molecular formula is C41H49N5O6. The maximum Gasteiger partial charge on any atom is 0.407 e. The number of hydrazine groups is 1. The first-order valence-corrected chi connectivity index (χ1v) is 17.6. The number of amides is 3. The van der Waals surface area contributed by atoms with Crippen LogP contribution in [-0.2, 0) is 33.7 Å². The molecule has 0 saturated carbocycles. The van der Waals surface area contributed by atoms with E-state index in [1.807, 2.05) is 112 Å². The number of methoxy groups -OCH3 is 1. The Balaban J connectivity index is 1.37. The van der Waals surface area contributed by atoms with Crippen LogP contribution in [0.5, 0.6) is 0 Å². The van der Waals surface area contributed by atoms with Crippen LogP contribution in [0.25, 0.3) is 11.1 Å². The molecule has 11 heteroatoms. The highest BCUT2D eigenvalue weighted by atomic mass is 16.5. The molecule has 2 unspecified atom stereocenters. The van der Waals surface area contributed by atoms with Crippen molar-refractivity contribution in [2.45, 2.75) is 77.1 Å². The molecule has 274 valence electrons. The number of aromatic nitrogens is 1. The van der Waals surface area contributed by atoms with E-state index in [1.54, 1.807) is 17.4 Å². The predicted octanol–water partition coefficient (Wildman–Crippen LogP) is 6.01. The summed E-state index contributed by atoms with van der Waals surface area (Å²) in [5, 5.41) is 28.6. The summed E-state index contributed by atoms with van der Waals surface area (Å²) < 4.78 is 4.79. The molecule has 52 heavy (non-hydrogen) atoms. The minimum atomic E-state index is -1.94. The fourth-order valence-corrected chi connectivity index (χ4v) is 6.71. The Hall–Kier alpha value is -5.10. The van der Waals surface area contributed by atoms with E-state index in [-0.39, 0.29) is 25.8 Å². The van der Waals surface area contributed by atoms with E-state index in [1.165, 1.54) is 7.11 Å². The summed E-state index contributed by atoms with van der Waals surface area (Å²) in [7, 11) is 1.24. The molecule has 0 bridgehead atoms. The number of pyridine rings is 1. The predicted molar refractivity (Wildman–Crippen MR) is 197 cm³/mol. The Kier molecular flexibility index (Phi) is 12.4. The summed E-state index contributed by atoms with van der Waals surface area (Å²) in [6.07, 6.45) is 4.34. The largest absolute Gasteiger partial charge is 0.453 e. The van der Waals surface area contributed by atoms with Crippen molar-refractivity contribution in [1.29, 1.82) is 0 Å². The molecule has 3 aromatic carbocycles. The van der Waals surface area contributed by atoms with Crippen molar-refractivity contribution in [3.8, 4) is 11.1 Å². The van der Waals surface area contributed by atoms with Gasteiger partial charge in [0.25, 0.3) is 11.8 Å². The van der Waals surface area contributed by atoms with Crippen LogP contribution in [-0.4, -0.2) is 68.6 Å². The maximum absolute atomic E-state index is 14.1. The molecule has 1 aliphatic carbocycles. The van der Waals surface area contributed by atoms with E-state index in [9.17, 15) is 24.7 Å². The summed E-state index contributed by atoms with van der Waals surface area (Å²) in [4.78, 5) is 44.2. The van der Waals surface area contributed by atoms with Gasteiger partial charge in [0, 0.05) is 31.9 Å². The van der Waals surface area contributed by atoms with Gasteiger partial charge >= 0.3 is 6.09 Å². The number of nitrogens with zero attached hydrogens (tertiary/aromatic N) is 3. The number of fused-ring (bicyclic) bond motifs is 1. The van der Waals surface area contributed by atoms with Crippen molar-refractivity contribution in [1.82, 2.24) is 25.8 Å². The van der Waals surface area contributed by atoms with E-state index < -0.39 is 41.0 Å². The van der Waals surface area contributed by atoms with Crippen LogP contribution in [0.1, 0.15) is 68.3 Å². The topological polar surface area (TPSA) is 144 Å². The zero-order valence-corrected chi connectivity index (χ0v) is 30.3. The van der Waals surface area contributed by atoms with Gasteiger partial charge in [-0.3, -0.25) is 25.2 Å². The number of aryl methyl sites for hydroxylation is 1. The minimum Gasteiger partial charge on any atom is -0.453 e. The number of benzene rings is 3. The van der Waals surface area contributed by atoms with Crippen LogP contribution in [0.15, 0.2) is 103 Å². The molecule has 0 radical (unpaired) electrons. The number of ether oxygens (including phenoxy) is 1. The summed E-state index contributed by atoms with van der Waals surface area (Å²) in [6, 6.07) is 27.2. The molecule has 3 amide bonds. The lowest BCUT2D eigenvalue weighted by Gasteiger charge is -2.35. The van der Waals surface area contributed by atoms with Crippen molar-refractivity contribution < 1.29 is 29.4 Å². The lowest BCUT2D eigenvalue weighted by atomic mass is 9.86. The molecule has 11 nitrogen and oxygen atoms in total. The number of aliphatic hydroxyl groups is 1. The van der Waals surface area contributed by atoms with E-state index >= 15 is 0 Å². The van der Waals surface area contributed by atoms with Gasteiger partial charge in [-0.1, -0.05) is 106 Å². The monoisotopic (exact) mass is 707 g/mol. The summed E-state index contributed by atoms with van der Waals surface area (Å²) >= 11 is 0. The van der Waals surface area contributed by atoms with Crippen LogP contribution in [0.2, 0.25) is 0 Å². The molecule has 0 saturated heterocycles. The molecule has 1 aromatic heterocycles. The van der Waals surface area contributed by atoms with Crippen LogP contribution in [0.3, 0.4) is 0 Å². The van der Waals surface area contributed by atoms with Crippen molar-refractivity contribution in [2.24, 2.45) is 5.41 Å². The summed E-state index contributed by atoms with van der Waals surface area (Å²) in [6.45, 7) is 6.06. The zero-order valence-electron chi connectivity index (χ0n) is 30.3. The molecule has 1 aliphatic rings. The van der Waals surface area contributed by atoms with E-state index in [0.717, 1.165) is 39.8 Å². The Morgan fingerprint density at radius 3 is 2.31 bits per heavy atom. The highest BCUT2D eigenvalue weighted by molar-refractivity contribution is 5.86. The number of alkyl carbamates (subject to hydrolysis) is 1. The van der Waals surface area contributed by atoms with E-state index in [0.29, 0.717) is 18.0 Å². The van der Waals surface area contributed by atoms with Gasteiger partial charge in [0.05, 0.1) is 13.2 Å². The second-order valence-corrected chi connectivity index (χ2v) is 14.5. The van der Waals surface area contributed by atoms with Crippen LogP contribution in [0.4, 0.5) is 4.79 Å². The molecule has 5 rings (SSSR count). The van der Waals surface area contributed by atoms with Crippen LogP contribution < -0.4 is 10.7 Å². The number of nitrogens with one attached hydrogen (secondary N) is 2. The van der Waals surface area contributed by atoms with Crippen molar-refractivity contribution in [2.75, 3.05) is 13.7 Å². The lowest BCUT2D eigenvalue weighted by Crippen LogP contribution is -2.57. The second-order valence-electron chi connectivity index (χ2n) is 14.5. The molecular weight excluding hydrogens is 658 g/mol. The maximum atomic E-state index is 14.1. The molecule has 1 heterocycles. The number of hydrogen-bond donors (Lipinski definition) is 4. The first-order valence-electron chi connectivity index (χ1n) is 17.6. The standard InChI is InChI=1S/C41H49N5O6/c1-40(2,3)36(43-39(49)52-4)37(47)44-45(28-30-17-19-31(20-18-30)33-15-10-24-42-27-33)25-11-23-41(50,26-29-12-6-5-7-13-29)38(48)46(51)35-22-21-32-14-8-9-16-34(32)35/h5-10,12-20,24,27,35-36,50-51H,11,21-23,25-26,28H2,1-4H3,(H,43,49)(H,44,47)/t35?,36-,41?/m1/s1. The number of hydrogen-bond acceptors (Lipinski definition) is 8. The molecule has 4 aromatic rings. The molecule has 0 spiro atoms. The second kappa shape index (κ2) is 16.9. The SMILES string of the molecule is COC(=O)N[C@H](C(=O)NN(CCCC(O)(Cc1ccccc1)C(=O)N(O)C1CCc2ccccc21)Cc1ccc(-c2cccnc2)cc1)C(C)(C)C. The molecule has 4 N–H and O–H groups in total.